The second-order valence-electron chi connectivity index (χ2n) is 3.50. The molecular formula is C11H13Br2NO2. The molecule has 1 aromatic rings. The second-order valence-corrected chi connectivity index (χ2v) is 5.21. The number of rotatable bonds is 4. The van der Waals surface area contributed by atoms with Crippen LogP contribution in [-0.4, -0.2) is 18.6 Å². The van der Waals surface area contributed by atoms with E-state index < -0.39 is 0 Å². The Morgan fingerprint density at radius 1 is 1.38 bits per heavy atom. The van der Waals surface area contributed by atoms with Gasteiger partial charge in [0.15, 0.2) is 0 Å². The number of nitrogens with one attached hydrogen (secondary N) is 1. The molecule has 1 N–H and O–H groups in total. The first kappa shape index (κ1) is 13.7. The van der Waals surface area contributed by atoms with Crippen molar-refractivity contribution in [3.8, 4) is 0 Å². The van der Waals surface area contributed by atoms with Crippen molar-refractivity contribution in [3.05, 3.63) is 27.1 Å². The summed E-state index contributed by atoms with van der Waals surface area (Å²) in [4.78, 5) is 11.5. The smallest absolute Gasteiger partial charge is 0.250 e. The molecule has 0 saturated carbocycles. The van der Waals surface area contributed by atoms with Crippen LogP contribution in [0.25, 0.3) is 0 Å². The topological polar surface area (TPSA) is 38.3 Å². The van der Waals surface area contributed by atoms with Crippen LogP contribution in [0.3, 0.4) is 0 Å². The molecule has 0 fully saturated rings. The van der Waals surface area contributed by atoms with Gasteiger partial charge in [-0.3, -0.25) is 4.79 Å². The number of halogens is 2. The van der Waals surface area contributed by atoms with Crippen LogP contribution < -0.4 is 5.32 Å². The third-order valence-corrected chi connectivity index (χ3v) is 3.10. The molecule has 0 atom stereocenters. The molecule has 1 rings (SSSR count). The third-order valence-electron chi connectivity index (χ3n) is 1.77. The van der Waals surface area contributed by atoms with Crippen LogP contribution in [0.4, 0.5) is 5.69 Å². The summed E-state index contributed by atoms with van der Waals surface area (Å²) in [6.07, 6.45) is 0.0494. The molecular weight excluding hydrogens is 338 g/mol. The highest BCUT2D eigenvalue weighted by Crippen LogP contribution is 2.30. The summed E-state index contributed by atoms with van der Waals surface area (Å²) in [6.45, 7) is 3.84. The van der Waals surface area contributed by atoms with E-state index in [1.54, 1.807) is 0 Å². The molecule has 0 unspecified atom stereocenters. The van der Waals surface area contributed by atoms with Gasteiger partial charge < -0.3 is 10.1 Å². The Bertz CT molecular complexity index is 360. The van der Waals surface area contributed by atoms with Gasteiger partial charge in [-0.15, -0.1) is 0 Å². The normalized spacial score (nSPS) is 10.6. The minimum Gasteiger partial charge on any atom is -0.369 e. The van der Waals surface area contributed by atoms with Crippen molar-refractivity contribution < 1.29 is 9.53 Å². The van der Waals surface area contributed by atoms with Crippen molar-refractivity contribution in [2.45, 2.75) is 20.0 Å². The predicted octanol–water partition coefficient (Wildman–Crippen LogP) is 3.58. The van der Waals surface area contributed by atoms with Gasteiger partial charge in [0.25, 0.3) is 0 Å². The first-order chi connectivity index (χ1) is 7.50. The monoisotopic (exact) mass is 349 g/mol. The molecule has 0 bridgehead atoms. The number of carbonyl (C=O) groups is 1. The summed E-state index contributed by atoms with van der Waals surface area (Å²) >= 11 is 6.74. The Balaban J connectivity index is 2.63. The van der Waals surface area contributed by atoms with Crippen molar-refractivity contribution in [1.82, 2.24) is 0 Å². The molecule has 0 saturated heterocycles. The molecule has 0 aliphatic rings. The number of ether oxygens (including phenoxy) is 1. The number of benzene rings is 1. The SMILES string of the molecule is CC(C)OCC(=O)Nc1c(Br)cccc1Br. The van der Waals surface area contributed by atoms with Crippen molar-refractivity contribution in [1.29, 1.82) is 0 Å². The van der Waals surface area contributed by atoms with E-state index >= 15 is 0 Å². The Kier molecular flexibility index (Phi) is 5.44. The van der Waals surface area contributed by atoms with Gasteiger partial charge in [-0.1, -0.05) is 6.07 Å². The van der Waals surface area contributed by atoms with E-state index in [1.807, 2.05) is 32.0 Å². The van der Waals surface area contributed by atoms with E-state index in [9.17, 15) is 4.79 Å². The zero-order valence-electron chi connectivity index (χ0n) is 9.09. The number of amides is 1. The summed E-state index contributed by atoms with van der Waals surface area (Å²) in [7, 11) is 0. The average molecular weight is 351 g/mol. The van der Waals surface area contributed by atoms with Crippen LogP contribution in [0.2, 0.25) is 0 Å². The Morgan fingerprint density at radius 2 is 1.94 bits per heavy atom. The Labute approximate surface area is 112 Å². The quantitative estimate of drug-likeness (QED) is 0.901. The Morgan fingerprint density at radius 3 is 2.44 bits per heavy atom. The molecule has 0 radical (unpaired) electrons. The second kappa shape index (κ2) is 6.37. The van der Waals surface area contributed by atoms with Gasteiger partial charge in [-0.2, -0.15) is 0 Å². The molecule has 88 valence electrons. The number of hydrogen-bond acceptors (Lipinski definition) is 2. The van der Waals surface area contributed by atoms with E-state index in [2.05, 4.69) is 37.2 Å². The fourth-order valence-corrected chi connectivity index (χ4v) is 2.23. The standard InChI is InChI=1S/C11H13Br2NO2/c1-7(2)16-6-10(15)14-11-8(12)4-3-5-9(11)13/h3-5,7H,6H2,1-2H3,(H,14,15). The van der Waals surface area contributed by atoms with E-state index in [4.69, 9.17) is 4.74 Å². The first-order valence-electron chi connectivity index (χ1n) is 4.86. The minimum absolute atomic E-state index is 0.0494. The van der Waals surface area contributed by atoms with Crippen molar-refractivity contribution >= 4 is 43.5 Å². The molecule has 5 heteroatoms. The van der Waals surface area contributed by atoms with Gasteiger partial charge >= 0.3 is 0 Å². The molecule has 0 aliphatic heterocycles. The van der Waals surface area contributed by atoms with Crippen LogP contribution in [0.15, 0.2) is 27.1 Å². The summed E-state index contributed by atoms with van der Waals surface area (Å²) in [5.41, 5.74) is 0.722. The number of anilines is 1. The highest BCUT2D eigenvalue weighted by atomic mass is 79.9. The van der Waals surface area contributed by atoms with Gasteiger partial charge in [-0.05, 0) is 57.8 Å². The lowest BCUT2D eigenvalue weighted by Crippen LogP contribution is -2.21. The van der Waals surface area contributed by atoms with E-state index in [1.165, 1.54) is 0 Å². The lowest BCUT2D eigenvalue weighted by Gasteiger charge is -2.11. The van der Waals surface area contributed by atoms with Crippen LogP contribution >= 0.6 is 31.9 Å². The van der Waals surface area contributed by atoms with Crippen LogP contribution in [0, 0.1) is 0 Å². The molecule has 0 aromatic heterocycles. The third kappa shape index (κ3) is 4.23. The van der Waals surface area contributed by atoms with E-state index in [-0.39, 0.29) is 18.6 Å². The maximum absolute atomic E-state index is 11.5. The van der Waals surface area contributed by atoms with Crippen LogP contribution in [0.1, 0.15) is 13.8 Å². The highest BCUT2D eigenvalue weighted by Gasteiger charge is 2.09. The highest BCUT2D eigenvalue weighted by molar-refractivity contribution is 9.11. The fraction of sp³-hybridized carbons (Fsp3) is 0.364. The fourth-order valence-electron chi connectivity index (χ4n) is 1.04. The summed E-state index contributed by atoms with van der Waals surface area (Å²) in [5.74, 6) is -0.165. The van der Waals surface area contributed by atoms with Crippen molar-refractivity contribution in [2.24, 2.45) is 0 Å². The summed E-state index contributed by atoms with van der Waals surface area (Å²) < 4.78 is 6.88. The molecule has 0 aliphatic carbocycles. The maximum atomic E-state index is 11.5. The zero-order chi connectivity index (χ0) is 12.1. The van der Waals surface area contributed by atoms with Crippen molar-refractivity contribution in [2.75, 3.05) is 11.9 Å². The molecule has 1 amide bonds. The number of para-hydroxylation sites is 1. The van der Waals surface area contributed by atoms with Gasteiger partial charge in [0.05, 0.1) is 11.8 Å². The Hall–Kier alpha value is -0.390. The van der Waals surface area contributed by atoms with Crippen molar-refractivity contribution in [3.63, 3.8) is 0 Å². The average Bonchev–Trinajstić information content (AvgIpc) is 2.21. The maximum Gasteiger partial charge on any atom is 0.250 e. The van der Waals surface area contributed by atoms with Gasteiger partial charge in [0.2, 0.25) is 5.91 Å². The number of hydrogen-bond donors (Lipinski definition) is 1. The van der Waals surface area contributed by atoms with Gasteiger partial charge in [-0.25, -0.2) is 0 Å². The number of carbonyl (C=O) groups excluding carboxylic acids is 1. The van der Waals surface area contributed by atoms with Crippen LogP contribution in [-0.2, 0) is 9.53 Å². The molecule has 0 heterocycles. The minimum atomic E-state index is -0.165. The molecule has 0 spiro atoms. The van der Waals surface area contributed by atoms with E-state index in [0.29, 0.717) is 0 Å². The largest absolute Gasteiger partial charge is 0.369 e. The zero-order valence-corrected chi connectivity index (χ0v) is 12.3. The molecule has 3 nitrogen and oxygen atoms in total. The summed E-state index contributed by atoms with van der Waals surface area (Å²) in [5, 5.41) is 2.78. The lowest BCUT2D eigenvalue weighted by molar-refractivity contribution is -0.121. The van der Waals surface area contributed by atoms with E-state index in [0.717, 1.165) is 14.6 Å². The lowest BCUT2D eigenvalue weighted by atomic mass is 10.3. The molecule has 1 aromatic carbocycles. The first-order valence-corrected chi connectivity index (χ1v) is 6.44. The summed E-state index contributed by atoms with van der Waals surface area (Å²) in [6, 6.07) is 5.61. The van der Waals surface area contributed by atoms with Gasteiger partial charge in [0, 0.05) is 8.95 Å². The van der Waals surface area contributed by atoms with Crippen LogP contribution in [0.5, 0.6) is 0 Å². The molecule has 16 heavy (non-hydrogen) atoms. The van der Waals surface area contributed by atoms with Gasteiger partial charge in [0.1, 0.15) is 6.61 Å². The predicted molar refractivity (Wildman–Crippen MR) is 71.6 cm³/mol.